The second-order valence-electron chi connectivity index (χ2n) is 4.16. The molecule has 1 aromatic carbocycles. The summed E-state index contributed by atoms with van der Waals surface area (Å²) < 4.78 is 20.5. The monoisotopic (exact) mass is 282 g/mol. The van der Waals surface area contributed by atoms with Gasteiger partial charge in [-0.05, 0) is 18.1 Å². The van der Waals surface area contributed by atoms with E-state index < -0.39 is 0 Å². The van der Waals surface area contributed by atoms with Gasteiger partial charge in [-0.15, -0.1) is 0 Å². The minimum atomic E-state index is -0.341. The van der Waals surface area contributed by atoms with Crippen LogP contribution in [0.25, 0.3) is 0 Å². The molecule has 20 heavy (non-hydrogen) atoms. The van der Waals surface area contributed by atoms with E-state index in [4.69, 9.17) is 18.9 Å². The van der Waals surface area contributed by atoms with Crippen molar-refractivity contribution < 1.29 is 23.7 Å². The van der Waals surface area contributed by atoms with Gasteiger partial charge >= 0.3 is 5.97 Å². The first-order valence-electron chi connectivity index (χ1n) is 6.60. The van der Waals surface area contributed by atoms with E-state index in [1.807, 2.05) is 12.1 Å². The minimum Gasteiger partial charge on any atom is -0.465 e. The molecule has 0 aliphatic rings. The van der Waals surface area contributed by atoms with Crippen molar-refractivity contribution >= 4 is 5.97 Å². The van der Waals surface area contributed by atoms with Gasteiger partial charge in [0.05, 0.1) is 32.5 Å². The smallest absolute Gasteiger partial charge is 0.338 e. The predicted octanol–water partition coefficient (Wildman–Crippen LogP) is 2.04. The fourth-order valence-corrected chi connectivity index (χ4v) is 1.64. The van der Waals surface area contributed by atoms with Gasteiger partial charge in [0.1, 0.15) is 0 Å². The first-order valence-corrected chi connectivity index (χ1v) is 6.60. The highest BCUT2D eigenvalue weighted by molar-refractivity contribution is 5.90. The third kappa shape index (κ3) is 6.14. The highest BCUT2D eigenvalue weighted by atomic mass is 16.5. The van der Waals surface area contributed by atoms with E-state index in [9.17, 15) is 4.79 Å². The van der Waals surface area contributed by atoms with E-state index >= 15 is 0 Å². The Kier molecular flexibility index (Phi) is 8.62. The summed E-state index contributed by atoms with van der Waals surface area (Å²) in [6.07, 6.45) is 0.810. The SMILES string of the molecule is COCCOCCCOCc1ccccc1C(=O)OC. The molecule has 5 nitrogen and oxygen atoms in total. The van der Waals surface area contributed by atoms with Crippen molar-refractivity contribution in [2.24, 2.45) is 0 Å². The normalized spacial score (nSPS) is 10.5. The molecular formula is C15H22O5. The van der Waals surface area contributed by atoms with Gasteiger partial charge in [0, 0.05) is 20.3 Å². The minimum absolute atomic E-state index is 0.341. The van der Waals surface area contributed by atoms with Crippen LogP contribution in [0.5, 0.6) is 0 Å². The lowest BCUT2D eigenvalue weighted by molar-refractivity contribution is 0.0473. The summed E-state index contributed by atoms with van der Waals surface area (Å²) in [5, 5.41) is 0. The molecular weight excluding hydrogens is 260 g/mol. The van der Waals surface area contributed by atoms with Crippen molar-refractivity contribution in [3.63, 3.8) is 0 Å². The summed E-state index contributed by atoms with van der Waals surface area (Å²) in [6, 6.07) is 7.28. The molecule has 0 N–H and O–H groups in total. The molecule has 1 rings (SSSR count). The van der Waals surface area contributed by atoms with Gasteiger partial charge in [0.15, 0.2) is 0 Å². The third-order valence-electron chi connectivity index (χ3n) is 2.69. The Morgan fingerprint density at radius 1 is 1.00 bits per heavy atom. The van der Waals surface area contributed by atoms with Crippen molar-refractivity contribution in [2.75, 3.05) is 40.6 Å². The van der Waals surface area contributed by atoms with E-state index in [-0.39, 0.29) is 5.97 Å². The van der Waals surface area contributed by atoms with Crippen LogP contribution >= 0.6 is 0 Å². The largest absolute Gasteiger partial charge is 0.465 e. The Bertz CT molecular complexity index is 392. The quantitative estimate of drug-likeness (QED) is 0.485. The maximum Gasteiger partial charge on any atom is 0.338 e. The third-order valence-corrected chi connectivity index (χ3v) is 2.69. The number of benzene rings is 1. The van der Waals surface area contributed by atoms with Crippen molar-refractivity contribution in [1.82, 2.24) is 0 Å². The topological polar surface area (TPSA) is 54.0 Å². The molecule has 0 saturated heterocycles. The van der Waals surface area contributed by atoms with Gasteiger partial charge in [-0.25, -0.2) is 4.79 Å². The first-order chi connectivity index (χ1) is 9.79. The number of hydrogen-bond donors (Lipinski definition) is 0. The lowest BCUT2D eigenvalue weighted by Gasteiger charge is -2.09. The second-order valence-corrected chi connectivity index (χ2v) is 4.16. The zero-order chi connectivity index (χ0) is 14.6. The molecule has 112 valence electrons. The van der Waals surface area contributed by atoms with Crippen molar-refractivity contribution in [3.05, 3.63) is 35.4 Å². The van der Waals surface area contributed by atoms with Crippen LogP contribution in [0.4, 0.5) is 0 Å². The molecule has 1 aromatic rings. The van der Waals surface area contributed by atoms with Crippen LogP contribution < -0.4 is 0 Å². The van der Waals surface area contributed by atoms with Gasteiger partial charge in [-0.1, -0.05) is 18.2 Å². The number of carbonyl (C=O) groups excluding carboxylic acids is 1. The van der Waals surface area contributed by atoms with E-state index in [1.54, 1.807) is 19.2 Å². The Labute approximate surface area is 119 Å². The van der Waals surface area contributed by atoms with Crippen LogP contribution in [0.15, 0.2) is 24.3 Å². The van der Waals surface area contributed by atoms with E-state index in [0.29, 0.717) is 38.6 Å². The molecule has 0 aromatic heterocycles. The van der Waals surface area contributed by atoms with Gasteiger partial charge in [-0.3, -0.25) is 0 Å². The van der Waals surface area contributed by atoms with Crippen molar-refractivity contribution in [3.8, 4) is 0 Å². The zero-order valence-corrected chi connectivity index (χ0v) is 12.1. The van der Waals surface area contributed by atoms with Crippen LogP contribution in [0.2, 0.25) is 0 Å². The lowest BCUT2D eigenvalue weighted by Crippen LogP contribution is -2.08. The molecule has 0 atom stereocenters. The highest BCUT2D eigenvalue weighted by Crippen LogP contribution is 2.11. The average molecular weight is 282 g/mol. The summed E-state index contributed by atoms with van der Waals surface area (Å²) >= 11 is 0. The molecule has 0 fully saturated rings. The number of rotatable bonds is 10. The van der Waals surface area contributed by atoms with Gasteiger partial charge in [-0.2, -0.15) is 0 Å². The zero-order valence-electron chi connectivity index (χ0n) is 12.1. The molecule has 0 heterocycles. The Morgan fingerprint density at radius 3 is 2.50 bits per heavy atom. The van der Waals surface area contributed by atoms with E-state index in [0.717, 1.165) is 12.0 Å². The standard InChI is InChI=1S/C15H22O5/c1-17-10-11-19-8-5-9-20-12-13-6-3-4-7-14(13)15(16)18-2/h3-4,6-7H,5,8-12H2,1-2H3. The van der Waals surface area contributed by atoms with E-state index in [2.05, 4.69) is 0 Å². The Hall–Kier alpha value is -1.43. The Balaban J connectivity index is 2.23. The Morgan fingerprint density at radius 2 is 1.75 bits per heavy atom. The van der Waals surface area contributed by atoms with Crippen LogP contribution in [0.3, 0.4) is 0 Å². The highest BCUT2D eigenvalue weighted by Gasteiger charge is 2.10. The van der Waals surface area contributed by atoms with Crippen LogP contribution in [-0.4, -0.2) is 46.6 Å². The fraction of sp³-hybridized carbons (Fsp3) is 0.533. The van der Waals surface area contributed by atoms with Gasteiger partial charge in [0.2, 0.25) is 0 Å². The predicted molar refractivity (Wildman–Crippen MR) is 74.7 cm³/mol. The second kappa shape index (κ2) is 10.4. The molecule has 5 heteroatoms. The molecule has 0 radical (unpaired) electrons. The maximum atomic E-state index is 11.6. The summed E-state index contributed by atoms with van der Waals surface area (Å²) in [7, 11) is 3.02. The maximum absolute atomic E-state index is 11.6. The lowest BCUT2D eigenvalue weighted by atomic mass is 10.1. The molecule has 0 aliphatic heterocycles. The first kappa shape index (κ1) is 16.6. The number of esters is 1. The van der Waals surface area contributed by atoms with Gasteiger partial charge < -0.3 is 18.9 Å². The van der Waals surface area contributed by atoms with Crippen molar-refractivity contribution in [1.29, 1.82) is 0 Å². The molecule has 0 bridgehead atoms. The van der Waals surface area contributed by atoms with Crippen molar-refractivity contribution in [2.45, 2.75) is 13.0 Å². The van der Waals surface area contributed by atoms with Crippen LogP contribution in [-0.2, 0) is 25.6 Å². The van der Waals surface area contributed by atoms with Crippen LogP contribution in [0.1, 0.15) is 22.3 Å². The fourth-order valence-electron chi connectivity index (χ4n) is 1.64. The van der Waals surface area contributed by atoms with Crippen LogP contribution in [0, 0.1) is 0 Å². The molecule has 0 unspecified atom stereocenters. The van der Waals surface area contributed by atoms with E-state index in [1.165, 1.54) is 7.11 Å². The number of methoxy groups -OCH3 is 2. The molecule has 0 spiro atoms. The summed E-state index contributed by atoms with van der Waals surface area (Å²) in [6.45, 7) is 2.82. The summed E-state index contributed by atoms with van der Waals surface area (Å²) in [5.74, 6) is -0.341. The molecule has 0 aliphatic carbocycles. The number of carbonyl (C=O) groups is 1. The summed E-state index contributed by atoms with van der Waals surface area (Å²) in [5.41, 5.74) is 1.38. The average Bonchev–Trinajstić information content (AvgIpc) is 2.49. The molecule has 0 amide bonds. The summed E-state index contributed by atoms with van der Waals surface area (Å²) in [4.78, 5) is 11.6. The van der Waals surface area contributed by atoms with Gasteiger partial charge in [0.25, 0.3) is 0 Å². The molecule has 0 saturated carbocycles. The number of hydrogen-bond acceptors (Lipinski definition) is 5. The number of ether oxygens (including phenoxy) is 4.